The molecule has 2 aromatic rings. The second-order valence-corrected chi connectivity index (χ2v) is 4.20. The maximum absolute atomic E-state index is 11.8. The topological polar surface area (TPSA) is 67.3 Å². The van der Waals surface area contributed by atoms with Gasteiger partial charge < -0.3 is 4.42 Å². The number of carbonyl (C=O) groups is 1. The van der Waals surface area contributed by atoms with Gasteiger partial charge >= 0.3 is 0 Å². The first-order valence-corrected chi connectivity index (χ1v) is 5.75. The van der Waals surface area contributed by atoms with E-state index in [4.69, 9.17) is 4.42 Å². The number of amides is 1. The zero-order chi connectivity index (χ0) is 12.8. The Morgan fingerprint density at radius 1 is 1.11 bits per heavy atom. The van der Waals surface area contributed by atoms with Crippen molar-refractivity contribution in [2.75, 3.05) is 0 Å². The monoisotopic (exact) mass is 249 g/mol. The average molecular weight is 249 g/mol. The molecule has 90 valence electrons. The van der Waals surface area contributed by atoms with Gasteiger partial charge in [-0.15, -0.1) is 0 Å². The number of allylic oxidation sites excluding steroid dienone is 1. The lowest BCUT2D eigenvalue weighted by molar-refractivity contribution is -0.113. The van der Waals surface area contributed by atoms with Gasteiger partial charge in [-0.05, 0) is 12.1 Å². The number of aliphatic imine (C=N–C) groups is 3. The lowest BCUT2D eigenvalue weighted by Gasteiger charge is -2.02. The highest BCUT2D eigenvalue weighted by Gasteiger charge is 2.28. The molecule has 2 aliphatic rings. The Morgan fingerprint density at radius 3 is 2.89 bits per heavy atom. The predicted molar refractivity (Wildman–Crippen MR) is 72.6 cm³/mol. The highest BCUT2D eigenvalue weighted by Crippen LogP contribution is 2.30. The molecule has 0 bridgehead atoms. The molecule has 0 spiro atoms. The smallest absolute Gasteiger partial charge is 0.283 e. The SMILES string of the molecule is O=C1N=CN=C2N=CC(c3cc4ccccc4o3)=C12. The van der Waals surface area contributed by atoms with Crippen molar-refractivity contribution in [3.8, 4) is 0 Å². The first-order valence-electron chi connectivity index (χ1n) is 5.75. The second kappa shape index (κ2) is 3.58. The van der Waals surface area contributed by atoms with Crippen LogP contribution in [0.2, 0.25) is 0 Å². The Balaban J connectivity index is 1.95. The quantitative estimate of drug-likeness (QED) is 0.777. The molecule has 1 amide bonds. The van der Waals surface area contributed by atoms with Crippen molar-refractivity contribution in [2.45, 2.75) is 0 Å². The van der Waals surface area contributed by atoms with Crippen LogP contribution in [0, 0.1) is 0 Å². The van der Waals surface area contributed by atoms with Crippen molar-refractivity contribution >= 4 is 40.8 Å². The van der Waals surface area contributed by atoms with E-state index in [1.807, 2.05) is 30.3 Å². The van der Waals surface area contributed by atoms with Gasteiger partial charge in [-0.1, -0.05) is 18.2 Å². The fourth-order valence-corrected chi connectivity index (χ4v) is 2.19. The zero-order valence-corrected chi connectivity index (χ0v) is 9.70. The van der Waals surface area contributed by atoms with Crippen LogP contribution < -0.4 is 0 Å². The minimum absolute atomic E-state index is 0.335. The fraction of sp³-hybridized carbons (Fsp3) is 0. The summed E-state index contributed by atoms with van der Waals surface area (Å²) in [6.07, 6.45) is 2.82. The first-order chi connectivity index (χ1) is 9.33. The standard InChI is InChI=1S/C14H7N3O2/c18-14-12-9(6-15-13(12)16-7-17-14)11-5-8-3-1-2-4-10(8)19-11/h1-7H. The molecule has 5 heteroatoms. The van der Waals surface area contributed by atoms with Gasteiger partial charge in [0, 0.05) is 11.6 Å². The summed E-state index contributed by atoms with van der Waals surface area (Å²) < 4.78 is 5.74. The largest absolute Gasteiger partial charge is 0.456 e. The van der Waals surface area contributed by atoms with Gasteiger partial charge in [0.05, 0.1) is 11.1 Å². The molecule has 0 N–H and O–H groups in total. The molecule has 2 aliphatic heterocycles. The summed E-state index contributed by atoms with van der Waals surface area (Å²) in [5.41, 5.74) is 1.81. The molecule has 5 nitrogen and oxygen atoms in total. The van der Waals surface area contributed by atoms with E-state index in [0.29, 0.717) is 22.7 Å². The van der Waals surface area contributed by atoms with E-state index in [-0.39, 0.29) is 5.91 Å². The van der Waals surface area contributed by atoms with E-state index in [1.165, 1.54) is 6.34 Å². The first kappa shape index (κ1) is 10.1. The molecule has 3 heterocycles. The van der Waals surface area contributed by atoms with Crippen LogP contribution in [-0.2, 0) is 4.79 Å². The van der Waals surface area contributed by atoms with Crippen LogP contribution in [0.5, 0.6) is 0 Å². The molecule has 0 atom stereocenters. The third-order valence-electron chi connectivity index (χ3n) is 3.07. The van der Waals surface area contributed by atoms with Crippen LogP contribution in [0.15, 0.2) is 55.3 Å². The highest BCUT2D eigenvalue weighted by molar-refractivity contribution is 6.41. The summed E-state index contributed by atoms with van der Waals surface area (Å²) in [6.45, 7) is 0. The van der Waals surface area contributed by atoms with Gasteiger partial charge in [0.1, 0.15) is 17.7 Å². The van der Waals surface area contributed by atoms with E-state index in [9.17, 15) is 4.79 Å². The number of amidine groups is 1. The fourth-order valence-electron chi connectivity index (χ4n) is 2.19. The van der Waals surface area contributed by atoms with Gasteiger partial charge in [-0.3, -0.25) is 4.79 Å². The van der Waals surface area contributed by atoms with Crippen molar-refractivity contribution < 1.29 is 9.21 Å². The third-order valence-corrected chi connectivity index (χ3v) is 3.07. The van der Waals surface area contributed by atoms with E-state index in [0.717, 1.165) is 11.0 Å². The van der Waals surface area contributed by atoms with Gasteiger partial charge in [-0.2, -0.15) is 4.99 Å². The number of carbonyl (C=O) groups excluding carboxylic acids is 1. The Hall–Kier alpha value is -2.82. The molecule has 4 rings (SSSR count). The van der Waals surface area contributed by atoms with Crippen molar-refractivity contribution in [3.05, 3.63) is 41.7 Å². The number of furan rings is 1. The molecular formula is C14H7N3O2. The molecule has 0 fully saturated rings. The summed E-state index contributed by atoms with van der Waals surface area (Å²) in [7, 11) is 0. The number of rotatable bonds is 1. The molecule has 0 saturated heterocycles. The van der Waals surface area contributed by atoms with Gasteiger partial charge in [0.15, 0.2) is 5.84 Å². The molecule has 0 saturated carbocycles. The van der Waals surface area contributed by atoms with Crippen molar-refractivity contribution in [2.24, 2.45) is 15.0 Å². The second-order valence-electron chi connectivity index (χ2n) is 4.20. The maximum atomic E-state index is 11.8. The van der Waals surface area contributed by atoms with E-state index in [2.05, 4.69) is 15.0 Å². The van der Waals surface area contributed by atoms with E-state index < -0.39 is 0 Å². The lowest BCUT2D eigenvalue weighted by Crippen LogP contribution is -2.12. The normalized spacial score (nSPS) is 17.3. The molecular weight excluding hydrogens is 242 g/mol. The third kappa shape index (κ3) is 1.41. The van der Waals surface area contributed by atoms with Crippen LogP contribution in [0.4, 0.5) is 0 Å². The Kier molecular flexibility index (Phi) is 1.91. The van der Waals surface area contributed by atoms with Crippen LogP contribution in [0.25, 0.3) is 16.5 Å². The maximum Gasteiger partial charge on any atom is 0.283 e. The Morgan fingerprint density at radius 2 is 2.00 bits per heavy atom. The van der Waals surface area contributed by atoms with Crippen LogP contribution in [0.1, 0.15) is 5.76 Å². The number of fused-ring (bicyclic) bond motifs is 2. The number of hydrogen-bond donors (Lipinski definition) is 0. The van der Waals surface area contributed by atoms with E-state index in [1.54, 1.807) is 6.21 Å². The zero-order valence-electron chi connectivity index (χ0n) is 9.70. The summed E-state index contributed by atoms with van der Waals surface area (Å²) in [4.78, 5) is 23.6. The average Bonchev–Trinajstić information content (AvgIpc) is 3.02. The van der Waals surface area contributed by atoms with E-state index >= 15 is 0 Å². The number of nitrogens with zero attached hydrogens (tertiary/aromatic N) is 3. The van der Waals surface area contributed by atoms with Crippen molar-refractivity contribution in [1.82, 2.24) is 0 Å². The van der Waals surface area contributed by atoms with Crippen LogP contribution >= 0.6 is 0 Å². The van der Waals surface area contributed by atoms with Crippen molar-refractivity contribution in [1.29, 1.82) is 0 Å². The number of hydrogen-bond acceptors (Lipinski definition) is 4. The van der Waals surface area contributed by atoms with Crippen LogP contribution in [-0.4, -0.2) is 24.3 Å². The van der Waals surface area contributed by atoms with Crippen molar-refractivity contribution in [3.63, 3.8) is 0 Å². The predicted octanol–water partition coefficient (Wildman–Crippen LogP) is 2.24. The Labute approximate surface area is 107 Å². The highest BCUT2D eigenvalue weighted by atomic mass is 16.3. The summed E-state index contributed by atoms with van der Waals surface area (Å²) >= 11 is 0. The molecule has 19 heavy (non-hydrogen) atoms. The number of benzene rings is 1. The molecule has 0 radical (unpaired) electrons. The Bertz CT molecular complexity index is 804. The summed E-state index contributed by atoms with van der Waals surface area (Å²) in [5.74, 6) is 0.670. The molecule has 0 aliphatic carbocycles. The van der Waals surface area contributed by atoms with Gasteiger partial charge in [0.25, 0.3) is 5.91 Å². The van der Waals surface area contributed by atoms with Crippen LogP contribution in [0.3, 0.4) is 0 Å². The molecule has 1 aromatic heterocycles. The minimum atomic E-state index is -0.335. The lowest BCUT2D eigenvalue weighted by atomic mass is 10.1. The van der Waals surface area contributed by atoms with Gasteiger partial charge in [-0.25, -0.2) is 9.98 Å². The molecule has 0 unspecified atom stereocenters. The molecule has 1 aromatic carbocycles. The number of para-hydroxylation sites is 1. The van der Waals surface area contributed by atoms with Gasteiger partial charge in [0.2, 0.25) is 0 Å². The summed E-state index contributed by atoms with van der Waals surface area (Å²) in [6, 6.07) is 9.56. The minimum Gasteiger partial charge on any atom is -0.456 e. The summed E-state index contributed by atoms with van der Waals surface area (Å²) in [5, 5.41) is 0.983.